The number of carboxylic acids is 1. The molecule has 3 aromatic rings. The lowest BCUT2D eigenvalue weighted by Gasteiger charge is -2.02. The second-order valence-corrected chi connectivity index (χ2v) is 4.68. The van der Waals surface area contributed by atoms with E-state index in [1.54, 1.807) is 18.2 Å². The quantitative estimate of drug-likeness (QED) is 0.751. The highest BCUT2D eigenvalue weighted by molar-refractivity contribution is 6.33. The van der Waals surface area contributed by atoms with Gasteiger partial charge in [-0.1, -0.05) is 23.7 Å². The molecule has 3 nitrogen and oxygen atoms in total. The van der Waals surface area contributed by atoms with Gasteiger partial charge in [-0.05, 0) is 30.3 Å². The standard InChI is InChI=1S/C15H8ClFO3/c16-11-5-4-9(15(18)19)6-10(11)13-7-8-2-1-3-12(17)14(8)20-13/h1-7H,(H,18,19). The Kier molecular flexibility index (Phi) is 2.95. The predicted molar refractivity (Wildman–Crippen MR) is 73.6 cm³/mol. The molecular formula is C15H8ClFO3. The molecule has 0 fully saturated rings. The van der Waals surface area contributed by atoms with Crippen molar-refractivity contribution in [3.8, 4) is 11.3 Å². The summed E-state index contributed by atoms with van der Waals surface area (Å²) in [6.45, 7) is 0. The molecule has 0 unspecified atom stereocenters. The summed E-state index contributed by atoms with van der Waals surface area (Å²) in [5, 5.41) is 9.93. The van der Waals surface area contributed by atoms with E-state index in [2.05, 4.69) is 0 Å². The molecule has 0 saturated carbocycles. The first kappa shape index (κ1) is 12.7. The molecule has 2 aromatic carbocycles. The number of hydrogen-bond donors (Lipinski definition) is 1. The summed E-state index contributed by atoms with van der Waals surface area (Å²) in [4.78, 5) is 11.0. The van der Waals surface area contributed by atoms with Gasteiger partial charge < -0.3 is 9.52 Å². The third-order valence-electron chi connectivity index (χ3n) is 2.97. The van der Waals surface area contributed by atoms with Crippen LogP contribution in [-0.2, 0) is 0 Å². The summed E-state index contributed by atoms with van der Waals surface area (Å²) in [5.41, 5.74) is 0.631. The summed E-state index contributed by atoms with van der Waals surface area (Å²) in [7, 11) is 0. The van der Waals surface area contributed by atoms with E-state index in [0.717, 1.165) is 0 Å². The Morgan fingerprint density at radius 3 is 2.70 bits per heavy atom. The molecule has 3 rings (SSSR count). The highest BCUT2D eigenvalue weighted by Crippen LogP contribution is 2.34. The molecule has 0 aliphatic heterocycles. The fourth-order valence-corrected chi connectivity index (χ4v) is 2.22. The van der Waals surface area contributed by atoms with Gasteiger partial charge >= 0.3 is 5.97 Å². The number of fused-ring (bicyclic) bond motifs is 1. The molecule has 0 atom stereocenters. The van der Waals surface area contributed by atoms with Crippen LogP contribution in [0.3, 0.4) is 0 Å². The molecule has 1 heterocycles. The van der Waals surface area contributed by atoms with Crippen molar-refractivity contribution in [2.75, 3.05) is 0 Å². The normalized spacial score (nSPS) is 10.9. The summed E-state index contributed by atoms with van der Waals surface area (Å²) in [5.74, 6) is -1.21. The van der Waals surface area contributed by atoms with Gasteiger partial charge in [-0.15, -0.1) is 0 Å². The number of hydrogen-bond acceptors (Lipinski definition) is 2. The first-order chi connectivity index (χ1) is 9.56. The molecule has 0 aliphatic rings. The van der Waals surface area contributed by atoms with Gasteiger partial charge in [-0.2, -0.15) is 0 Å². The molecule has 0 amide bonds. The van der Waals surface area contributed by atoms with Crippen molar-refractivity contribution >= 4 is 28.5 Å². The topological polar surface area (TPSA) is 50.4 Å². The van der Waals surface area contributed by atoms with E-state index in [0.29, 0.717) is 21.7 Å². The molecule has 0 radical (unpaired) electrons. The van der Waals surface area contributed by atoms with Crippen molar-refractivity contribution in [3.05, 3.63) is 58.9 Å². The van der Waals surface area contributed by atoms with Gasteiger partial charge in [0.1, 0.15) is 5.76 Å². The lowest BCUT2D eigenvalue weighted by molar-refractivity contribution is 0.0697. The van der Waals surface area contributed by atoms with Gasteiger partial charge in [0.2, 0.25) is 0 Å². The molecule has 0 aliphatic carbocycles. The van der Waals surface area contributed by atoms with Crippen molar-refractivity contribution in [2.24, 2.45) is 0 Å². The maximum absolute atomic E-state index is 13.6. The minimum absolute atomic E-state index is 0.0883. The summed E-state index contributed by atoms with van der Waals surface area (Å²) >= 11 is 6.06. The Morgan fingerprint density at radius 1 is 1.20 bits per heavy atom. The van der Waals surface area contributed by atoms with Crippen molar-refractivity contribution < 1.29 is 18.7 Å². The molecule has 100 valence electrons. The van der Waals surface area contributed by atoms with Gasteiger partial charge in [0, 0.05) is 10.9 Å². The van der Waals surface area contributed by atoms with Gasteiger partial charge in [0.15, 0.2) is 11.4 Å². The van der Waals surface area contributed by atoms with E-state index in [1.165, 1.54) is 24.3 Å². The van der Waals surface area contributed by atoms with Gasteiger partial charge in [-0.25, -0.2) is 9.18 Å². The van der Waals surface area contributed by atoms with Gasteiger partial charge in [0.25, 0.3) is 0 Å². The van der Waals surface area contributed by atoms with E-state index in [-0.39, 0.29) is 11.1 Å². The number of furan rings is 1. The Labute approximate surface area is 118 Å². The zero-order valence-corrected chi connectivity index (χ0v) is 10.8. The Morgan fingerprint density at radius 2 is 2.00 bits per heavy atom. The van der Waals surface area contributed by atoms with Crippen molar-refractivity contribution in [1.29, 1.82) is 0 Å². The second-order valence-electron chi connectivity index (χ2n) is 4.27. The minimum Gasteiger partial charge on any atom is -0.478 e. The van der Waals surface area contributed by atoms with Crippen LogP contribution in [-0.4, -0.2) is 11.1 Å². The fourth-order valence-electron chi connectivity index (χ4n) is 2.01. The molecule has 1 aromatic heterocycles. The van der Waals surface area contributed by atoms with Crippen LogP contribution in [0.1, 0.15) is 10.4 Å². The summed E-state index contributed by atoms with van der Waals surface area (Å²) in [6, 6.07) is 10.5. The van der Waals surface area contributed by atoms with Crippen LogP contribution in [0.2, 0.25) is 5.02 Å². The summed E-state index contributed by atoms with van der Waals surface area (Å²) < 4.78 is 19.1. The Balaban J connectivity index is 2.22. The summed E-state index contributed by atoms with van der Waals surface area (Å²) in [6.07, 6.45) is 0. The average Bonchev–Trinajstić information content (AvgIpc) is 2.84. The molecular weight excluding hydrogens is 283 g/mol. The van der Waals surface area contributed by atoms with E-state index in [9.17, 15) is 9.18 Å². The monoisotopic (exact) mass is 290 g/mol. The molecule has 0 bridgehead atoms. The molecule has 20 heavy (non-hydrogen) atoms. The number of carboxylic acid groups (broad SMARTS) is 1. The SMILES string of the molecule is O=C(O)c1ccc(Cl)c(-c2cc3cccc(F)c3o2)c1. The highest BCUT2D eigenvalue weighted by atomic mass is 35.5. The number of halogens is 2. The molecule has 0 saturated heterocycles. The third kappa shape index (κ3) is 2.04. The molecule has 5 heteroatoms. The lowest BCUT2D eigenvalue weighted by atomic mass is 10.1. The number of rotatable bonds is 2. The first-order valence-electron chi connectivity index (χ1n) is 5.77. The molecule has 0 spiro atoms. The maximum atomic E-state index is 13.6. The van der Waals surface area contributed by atoms with E-state index >= 15 is 0 Å². The van der Waals surface area contributed by atoms with E-state index in [4.69, 9.17) is 21.1 Å². The number of benzene rings is 2. The van der Waals surface area contributed by atoms with Crippen LogP contribution in [0.5, 0.6) is 0 Å². The Bertz CT molecular complexity index is 823. The number of carbonyl (C=O) groups is 1. The number of aromatic carboxylic acids is 1. The zero-order valence-electron chi connectivity index (χ0n) is 10.1. The first-order valence-corrected chi connectivity index (χ1v) is 6.15. The Hall–Kier alpha value is -2.33. The lowest BCUT2D eigenvalue weighted by Crippen LogP contribution is -1.96. The van der Waals surface area contributed by atoms with Crippen LogP contribution in [0.4, 0.5) is 4.39 Å². The number of para-hydroxylation sites is 1. The van der Waals surface area contributed by atoms with E-state index in [1.807, 2.05) is 0 Å². The zero-order chi connectivity index (χ0) is 14.3. The van der Waals surface area contributed by atoms with Crippen LogP contribution in [0.15, 0.2) is 46.9 Å². The van der Waals surface area contributed by atoms with Crippen LogP contribution in [0, 0.1) is 5.82 Å². The highest BCUT2D eigenvalue weighted by Gasteiger charge is 2.14. The average molecular weight is 291 g/mol. The smallest absolute Gasteiger partial charge is 0.335 e. The van der Waals surface area contributed by atoms with E-state index < -0.39 is 11.8 Å². The second kappa shape index (κ2) is 4.65. The predicted octanol–water partition coefficient (Wildman–Crippen LogP) is 4.59. The maximum Gasteiger partial charge on any atom is 0.335 e. The van der Waals surface area contributed by atoms with Crippen molar-refractivity contribution in [3.63, 3.8) is 0 Å². The van der Waals surface area contributed by atoms with Crippen LogP contribution < -0.4 is 0 Å². The van der Waals surface area contributed by atoms with Crippen molar-refractivity contribution in [1.82, 2.24) is 0 Å². The third-order valence-corrected chi connectivity index (χ3v) is 3.30. The van der Waals surface area contributed by atoms with Gasteiger partial charge in [-0.3, -0.25) is 0 Å². The van der Waals surface area contributed by atoms with Crippen LogP contribution in [0.25, 0.3) is 22.3 Å². The molecule has 1 N–H and O–H groups in total. The van der Waals surface area contributed by atoms with Crippen molar-refractivity contribution in [2.45, 2.75) is 0 Å². The minimum atomic E-state index is -1.06. The van der Waals surface area contributed by atoms with Gasteiger partial charge in [0.05, 0.1) is 10.6 Å². The van der Waals surface area contributed by atoms with Crippen LogP contribution >= 0.6 is 11.6 Å². The fraction of sp³-hybridized carbons (Fsp3) is 0. The largest absolute Gasteiger partial charge is 0.478 e.